The Morgan fingerprint density at radius 2 is 1.73 bits per heavy atom. The topological polar surface area (TPSA) is 77.4 Å². The normalized spacial score (nSPS) is 30.0. The van der Waals surface area contributed by atoms with Gasteiger partial charge < -0.3 is 29.2 Å². The van der Waals surface area contributed by atoms with Crippen LogP contribution in [0.25, 0.3) is 0 Å². The third kappa shape index (κ3) is 4.22. The molecule has 6 nitrogen and oxygen atoms in total. The molecule has 0 saturated carbocycles. The summed E-state index contributed by atoms with van der Waals surface area (Å²) in [5.74, 6) is -0.922. The van der Waals surface area contributed by atoms with E-state index in [2.05, 4.69) is 0 Å². The van der Waals surface area contributed by atoms with Crippen molar-refractivity contribution in [2.45, 2.75) is 43.9 Å². The van der Waals surface area contributed by atoms with E-state index in [-0.39, 0.29) is 17.4 Å². The van der Waals surface area contributed by atoms with Crippen LogP contribution < -0.4 is 0 Å². The number of fused-ring (bicyclic) bond motifs is 1. The number of aliphatic hydroxyl groups excluding tert-OH is 2. The zero-order valence-corrected chi connectivity index (χ0v) is 16.8. The molecule has 9 heteroatoms. The molecule has 0 aromatic heterocycles. The second-order valence-electron chi connectivity index (χ2n) is 7.31. The SMILES string of the molecule is Cc1cc(C2OC[C@@H]3OC(c4ccc(F)c(Cl)c4)O[C@H]([C@H](O)CO)[C@@H]3O2)ccc1F. The van der Waals surface area contributed by atoms with Crippen molar-refractivity contribution in [3.8, 4) is 0 Å². The van der Waals surface area contributed by atoms with Crippen molar-refractivity contribution in [1.29, 1.82) is 0 Å². The highest BCUT2D eigenvalue weighted by atomic mass is 35.5. The van der Waals surface area contributed by atoms with Crippen LogP contribution in [0.4, 0.5) is 8.78 Å². The fraction of sp³-hybridized carbons (Fsp3) is 0.429. The van der Waals surface area contributed by atoms with Crippen molar-refractivity contribution in [1.82, 2.24) is 0 Å². The first-order valence-electron chi connectivity index (χ1n) is 9.45. The molecule has 2 aromatic rings. The van der Waals surface area contributed by atoms with Gasteiger partial charge in [-0.15, -0.1) is 0 Å². The molecule has 2 aromatic carbocycles. The summed E-state index contributed by atoms with van der Waals surface area (Å²) in [4.78, 5) is 0. The molecule has 2 saturated heterocycles. The van der Waals surface area contributed by atoms with Crippen LogP contribution in [0.5, 0.6) is 0 Å². The fourth-order valence-corrected chi connectivity index (χ4v) is 3.77. The highest BCUT2D eigenvalue weighted by Gasteiger charge is 2.48. The standard InChI is InChI=1S/C21H21ClF2O6/c1-10-6-11(2-4-14(10)23)20-27-9-17-19(30-20)18(16(26)8-25)29-21(28-17)12-3-5-15(24)13(22)7-12/h2-7,16-21,25-26H,8-9H2,1H3/t16-,17+,18-,19-,20?,21?/m1/s1. The second kappa shape index (κ2) is 8.84. The summed E-state index contributed by atoms with van der Waals surface area (Å²) in [7, 11) is 0. The molecule has 0 aliphatic carbocycles. The van der Waals surface area contributed by atoms with E-state index in [0.717, 1.165) is 0 Å². The van der Waals surface area contributed by atoms with Gasteiger partial charge in [0.25, 0.3) is 0 Å². The van der Waals surface area contributed by atoms with E-state index >= 15 is 0 Å². The van der Waals surface area contributed by atoms with Gasteiger partial charge in [0.2, 0.25) is 0 Å². The van der Waals surface area contributed by atoms with Crippen molar-refractivity contribution >= 4 is 11.6 Å². The molecule has 0 bridgehead atoms. The molecule has 2 N–H and O–H groups in total. The Labute approximate surface area is 176 Å². The minimum atomic E-state index is -1.26. The molecular formula is C21H21ClF2O6. The van der Waals surface area contributed by atoms with Crippen molar-refractivity contribution < 1.29 is 37.9 Å². The average molecular weight is 443 g/mol. The monoisotopic (exact) mass is 442 g/mol. The molecule has 2 aliphatic rings. The van der Waals surface area contributed by atoms with Gasteiger partial charge in [-0.3, -0.25) is 0 Å². The van der Waals surface area contributed by atoms with E-state index in [1.54, 1.807) is 19.1 Å². The molecule has 2 heterocycles. The number of benzene rings is 2. The largest absolute Gasteiger partial charge is 0.394 e. The summed E-state index contributed by atoms with van der Waals surface area (Å²) < 4.78 is 50.6. The van der Waals surface area contributed by atoms with Gasteiger partial charge in [-0.25, -0.2) is 8.78 Å². The maximum atomic E-state index is 13.6. The first kappa shape index (κ1) is 21.6. The van der Waals surface area contributed by atoms with Crippen molar-refractivity contribution in [2.75, 3.05) is 13.2 Å². The number of rotatable bonds is 4. The van der Waals surface area contributed by atoms with Gasteiger partial charge in [0.05, 0.1) is 18.2 Å². The molecule has 0 amide bonds. The maximum Gasteiger partial charge on any atom is 0.185 e. The lowest BCUT2D eigenvalue weighted by atomic mass is 9.99. The van der Waals surface area contributed by atoms with Crippen LogP contribution in [-0.2, 0) is 18.9 Å². The fourth-order valence-electron chi connectivity index (χ4n) is 3.58. The highest BCUT2D eigenvalue weighted by Crippen LogP contribution is 2.39. The van der Waals surface area contributed by atoms with E-state index in [9.17, 15) is 19.0 Å². The molecule has 0 spiro atoms. The Bertz CT molecular complexity index is 911. The van der Waals surface area contributed by atoms with E-state index < -0.39 is 49.4 Å². The molecule has 2 unspecified atom stereocenters. The Morgan fingerprint density at radius 1 is 1.03 bits per heavy atom. The molecule has 30 heavy (non-hydrogen) atoms. The summed E-state index contributed by atoms with van der Waals surface area (Å²) in [6.07, 6.45) is -5.38. The lowest BCUT2D eigenvalue weighted by Crippen LogP contribution is -2.58. The van der Waals surface area contributed by atoms with E-state index in [1.807, 2.05) is 0 Å². The predicted octanol–water partition coefficient (Wildman–Crippen LogP) is 3.18. The Kier molecular flexibility index (Phi) is 6.36. The molecule has 162 valence electrons. The lowest BCUT2D eigenvalue weighted by molar-refractivity contribution is -0.373. The van der Waals surface area contributed by atoms with E-state index in [1.165, 1.54) is 24.3 Å². The van der Waals surface area contributed by atoms with Crippen LogP contribution in [0.15, 0.2) is 36.4 Å². The second-order valence-corrected chi connectivity index (χ2v) is 7.71. The molecular weight excluding hydrogens is 422 g/mol. The molecule has 0 radical (unpaired) electrons. The number of ether oxygens (including phenoxy) is 4. The molecule has 6 atom stereocenters. The van der Waals surface area contributed by atoms with E-state index in [0.29, 0.717) is 16.7 Å². The van der Waals surface area contributed by atoms with Gasteiger partial charge in [-0.1, -0.05) is 23.7 Å². The quantitative estimate of drug-likeness (QED) is 0.757. The van der Waals surface area contributed by atoms with Crippen LogP contribution in [-0.4, -0.2) is 47.8 Å². The summed E-state index contributed by atoms with van der Waals surface area (Å²) in [5.41, 5.74) is 1.50. The molecule has 2 aliphatic heterocycles. The predicted molar refractivity (Wildman–Crippen MR) is 102 cm³/mol. The van der Waals surface area contributed by atoms with Crippen molar-refractivity contribution in [2.24, 2.45) is 0 Å². The van der Waals surface area contributed by atoms with Crippen molar-refractivity contribution in [3.05, 3.63) is 69.7 Å². The van der Waals surface area contributed by atoms with Crippen LogP contribution in [0.3, 0.4) is 0 Å². The first-order chi connectivity index (χ1) is 14.4. The smallest absolute Gasteiger partial charge is 0.185 e. The third-order valence-electron chi connectivity index (χ3n) is 5.20. The maximum absolute atomic E-state index is 13.6. The van der Waals surface area contributed by atoms with Gasteiger partial charge >= 0.3 is 0 Å². The average Bonchev–Trinajstić information content (AvgIpc) is 2.75. The van der Waals surface area contributed by atoms with Crippen molar-refractivity contribution in [3.63, 3.8) is 0 Å². The summed E-state index contributed by atoms with van der Waals surface area (Å²) in [5, 5.41) is 19.7. The Balaban J connectivity index is 1.57. The van der Waals surface area contributed by atoms with Gasteiger partial charge in [0, 0.05) is 11.1 Å². The minimum absolute atomic E-state index is 0.0935. The number of aryl methyl sites for hydroxylation is 1. The summed E-state index contributed by atoms with van der Waals surface area (Å²) in [6.45, 7) is 1.18. The van der Waals surface area contributed by atoms with Crippen LogP contribution in [0.1, 0.15) is 29.3 Å². The van der Waals surface area contributed by atoms with Crippen LogP contribution in [0, 0.1) is 18.6 Å². The number of hydrogen-bond acceptors (Lipinski definition) is 6. The lowest BCUT2D eigenvalue weighted by Gasteiger charge is -2.47. The molecule has 2 fully saturated rings. The Hall–Kier alpha value is -1.65. The number of halogens is 3. The zero-order chi connectivity index (χ0) is 21.4. The van der Waals surface area contributed by atoms with Gasteiger partial charge in [-0.05, 0) is 36.8 Å². The summed E-state index contributed by atoms with van der Waals surface area (Å²) >= 11 is 5.86. The van der Waals surface area contributed by atoms with Gasteiger partial charge in [0.15, 0.2) is 12.6 Å². The number of aliphatic hydroxyl groups is 2. The first-order valence-corrected chi connectivity index (χ1v) is 9.83. The number of hydrogen-bond donors (Lipinski definition) is 2. The highest BCUT2D eigenvalue weighted by molar-refractivity contribution is 6.30. The molecule has 4 rings (SSSR count). The third-order valence-corrected chi connectivity index (χ3v) is 5.49. The Morgan fingerprint density at radius 3 is 2.40 bits per heavy atom. The zero-order valence-electron chi connectivity index (χ0n) is 16.0. The van der Waals surface area contributed by atoms with Gasteiger partial charge in [0.1, 0.15) is 36.1 Å². The van der Waals surface area contributed by atoms with Crippen LogP contribution in [0.2, 0.25) is 5.02 Å². The van der Waals surface area contributed by atoms with E-state index in [4.69, 9.17) is 30.5 Å². The summed E-state index contributed by atoms with van der Waals surface area (Å²) in [6, 6.07) is 8.52. The van der Waals surface area contributed by atoms with Gasteiger partial charge in [-0.2, -0.15) is 0 Å². The van der Waals surface area contributed by atoms with Crippen LogP contribution >= 0.6 is 11.6 Å². The minimum Gasteiger partial charge on any atom is -0.394 e.